The first-order valence-corrected chi connectivity index (χ1v) is 11.3. The minimum Gasteiger partial charge on any atom is -0.458 e. The summed E-state index contributed by atoms with van der Waals surface area (Å²) in [5.74, 6) is -2.15. The van der Waals surface area contributed by atoms with Crippen LogP contribution in [0, 0.1) is 0 Å². The second-order valence-electron chi connectivity index (χ2n) is 7.47. The van der Waals surface area contributed by atoms with E-state index >= 15 is 0 Å². The highest BCUT2D eigenvalue weighted by Gasteiger charge is 2.53. The molecule has 32 heavy (non-hydrogen) atoms. The molecule has 0 aromatic carbocycles. The normalized spacial score (nSPS) is 23.2. The number of amides is 2. The van der Waals surface area contributed by atoms with Crippen LogP contribution in [-0.4, -0.2) is 76.3 Å². The number of benzene rings is 1. The van der Waals surface area contributed by atoms with Crippen molar-refractivity contribution in [2.75, 3.05) is 19.0 Å². The Balaban J connectivity index is 0.000000405. The molecular formula is C22H26N2O7S. The molecule has 4 unspecified atom stereocenters. The number of esters is 1. The first kappa shape index (κ1) is 24.0. The van der Waals surface area contributed by atoms with Crippen molar-refractivity contribution < 1.29 is 33.8 Å². The van der Waals surface area contributed by atoms with Gasteiger partial charge in [0.05, 0.1) is 5.75 Å². The lowest BCUT2D eigenvalue weighted by Gasteiger charge is -2.47. The number of likely N-dealkylation sites (tertiary alicyclic amines) is 1. The van der Waals surface area contributed by atoms with Gasteiger partial charge in [-0.2, -0.15) is 0 Å². The van der Waals surface area contributed by atoms with E-state index in [9.17, 15) is 24.3 Å². The topological polar surface area (TPSA) is 122 Å². The summed E-state index contributed by atoms with van der Waals surface area (Å²) in [7, 11) is 0. The molecule has 4 atom stereocenters. The molecule has 2 aliphatic carbocycles. The standard InChI is InChI=1S/C16H22N2O7S.C6H4/c1-3-6-25-16(23)14(22)18-13(21)12(17-9(2)19)15(18)26-8-10(20)11-5-4-7-24-11;1-2-5-4-6(5)3-1/h3,11-12,14-15,22H,1,4-8H2,2H3,(H,17,19);1-4H. The number of thioether (sulfide) groups is 1. The van der Waals surface area contributed by atoms with Gasteiger partial charge in [-0.15, -0.1) is 11.8 Å². The molecule has 2 aliphatic heterocycles. The molecule has 2 N–H and O–H groups in total. The Labute approximate surface area is 190 Å². The van der Waals surface area contributed by atoms with E-state index in [1.165, 1.54) is 24.1 Å². The molecule has 0 saturated carbocycles. The van der Waals surface area contributed by atoms with Crippen LogP contribution in [0.15, 0.2) is 36.9 Å². The van der Waals surface area contributed by atoms with Crippen LogP contribution in [0.25, 0.3) is 11.1 Å². The molecule has 2 amide bonds. The van der Waals surface area contributed by atoms with Gasteiger partial charge in [0, 0.05) is 13.5 Å². The smallest absolute Gasteiger partial charge is 0.356 e. The van der Waals surface area contributed by atoms with Crippen molar-refractivity contribution in [2.24, 2.45) is 0 Å². The highest BCUT2D eigenvalue weighted by atomic mass is 32.2. The van der Waals surface area contributed by atoms with Crippen LogP contribution in [0.4, 0.5) is 0 Å². The van der Waals surface area contributed by atoms with Gasteiger partial charge in [-0.05, 0) is 30.0 Å². The summed E-state index contributed by atoms with van der Waals surface area (Å²) in [4.78, 5) is 48.4. The number of nitrogens with one attached hydrogen (secondary N) is 1. The Morgan fingerprint density at radius 1 is 1.41 bits per heavy atom. The highest BCUT2D eigenvalue weighted by molar-refractivity contribution is 8.00. The summed E-state index contributed by atoms with van der Waals surface area (Å²) in [5.41, 5.74) is 2.85. The van der Waals surface area contributed by atoms with Crippen molar-refractivity contribution in [3.63, 3.8) is 0 Å². The van der Waals surface area contributed by atoms with E-state index in [-0.39, 0.29) is 18.1 Å². The van der Waals surface area contributed by atoms with E-state index in [0.717, 1.165) is 23.1 Å². The zero-order chi connectivity index (χ0) is 23.3. The molecular weight excluding hydrogens is 436 g/mol. The van der Waals surface area contributed by atoms with Crippen LogP contribution < -0.4 is 5.32 Å². The molecule has 172 valence electrons. The molecule has 0 bridgehead atoms. The first-order chi connectivity index (χ1) is 15.3. The molecule has 0 aromatic heterocycles. The van der Waals surface area contributed by atoms with Crippen molar-refractivity contribution in [1.82, 2.24) is 10.2 Å². The van der Waals surface area contributed by atoms with Crippen molar-refractivity contribution in [3.05, 3.63) is 36.9 Å². The molecule has 0 radical (unpaired) electrons. The van der Waals surface area contributed by atoms with Crippen molar-refractivity contribution in [1.29, 1.82) is 0 Å². The highest BCUT2D eigenvalue weighted by Crippen LogP contribution is 2.33. The van der Waals surface area contributed by atoms with Crippen LogP contribution in [0.2, 0.25) is 0 Å². The van der Waals surface area contributed by atoms with Gasteiger partial charge in [-0.1, -0.05) is 30.9 Å². The zero-order valence-electron chi connectivity index (χ0n) is 17.7. The largest absolute Gasteiger partial charge is 0.458 e. The summed E-state index contributed by atoms with van der Waals surface area (Å²) < 4.78 is 10.1. The molecule has 0 aromatic rings. The average molecular weight is 463 g/mol. The van der Waals surface area contributed by atoms with Crippen molar-refractivity contribution >= 4 is 35.3 Å². The van der Waals surface area contributed by atoms with Crippen LogP contribution in [0.1, 0.15) is 19.8 Å². The monoisotopic (exact) mass is 462 g/mol. The number of carbonyl (C=O) groups excluding carboxylic acids is 4. The number of ketones is 1. The molecule has 4 aliphatic rings. The maximum Gasteiger partial charge on any atom is 0.356 e. The number of Topliss-reactive ketones (excluding diaryl/α,β-unsaturated/α-hetero) is 1. The Morgan fingerprint density at radius 2 is 2.12 bits per heavy atom. The summed E-state index contributed by atoms with van der Waals surface area (Å²) in [5, 5.41) is 11.8. The third-order valence-corrected chi connectivity index (χ3v) is 6.35. The second-order valence-corrected chi connectivity index (χ2v) is 8.57. The SMILES string of the molecule is C=CCOC(=O)C(O)N1C(=O)C(NC(C)=O)C1SCC(=O)C1CCCO1.c1cc2cc-2c1. The molecule has 9 nitrogen and oxygen atoms in total. The summed E-state index contributed by atoms with van der Waals surface area (Å²) in [6.07, 6.45) is 0.515. The maximum absolute atomic E-state index is 12.2. The lowest BCUT2D eigenvalue weighted by atomic mass is 10.1. The number of rotatable bonds is 9. The van der Waals surface area contributed by atoms with E-state index < -0.39 is 41.5 Å². The van der Waals surface area contributed by atoms with Gasteiger partial charge in [-0.25, -0.2) is 4.79 Å². The van der Waals surface area contributed by atoms with E-state index in [2.05, 4.69) is 36.2 Å². The van der Waals surface area contributed by atoms with Crippen LogP contribution in [0.3, 0.4) is 0 Å². The van der Waals surface area contributed by atoms with Crippen molar-refractivity contribution in [2.45, 2.75) is 43.5 Å². The number of nitrogens with zero attached hydrogens (tertiary/aromatic N) is 1. The van der Waals surface area contributed by atoms with Crippen molar-refractivity contribution in [3.8, 4) is 11.1 Å². The van der Waals surface area contributed by atoms with E-state index in [1.54, 1.807) is 0 Å². The summed E-state index contributed by atoms with van der Waals surface area (Å²) >= 11 is 1.06. The quantitative estimate of drug-likeness (QED) is 0.320. The van der Waals surface area contributed by atoms with Gasteiger partial charge >= 0.3 is 5.97 Å². The van der Waals surface area contributed by atoms with Crippen LogP contribution in [0.5, 0.6) is 0 Å². The molecule has 4 rings (SSSR count). The lowest BCUT2D eigenvalue weighted by molar-refractivity contribution is -0.181. The van der Waals surface area contributed by atoms with E-state index in [4.69, 9.17) is 9.47 Å². The second kappa shape index (κ2) is 10.8. The lowest BCUT2D eigenvalue weighted by Crippen LogP contribution is -2.73. The Hall–Kier alpha value is -2.69. The number of β-lactam (4-membered cyclic amide) rings is 1. The summed E-state index contributed by atoms with van der Waals surface area (Å²) in [6.45, 7) is 5.08. The van der Waals surface area contributed by atoms with Crippen LogP contribution in [-0.2, 0) is 28.7 Å². The minimum absolute atomic E-state index is 0.0314. The number of hydrogen-bond donors (Lipinski definition) is 2. The molecule has 2 saturated heterocycles. The Bertz CT molecular complexity index is 883. The molecule has 2 fully saturated rings. The van der Waals surface area contributed by atoms with Gasteiger partial charge in [0.2, 0.25) is 12.1 Å². The third kappa shape index (κ3) is 5.76. The Kier molecular flexibility index (Phi) is 8.05. The van der Waals surface area contributed by atoms with E-state index in [1.807, 2.05) is 0 Å². The number of aliphatic hydroxyl groups excluding tert-OH is 1. The Morgan fingerprint density at radius 3 is 2.62 bits per heavy atom. The van der Waals surface area contributed by atoms with Gasteiger partial charge in [0.25, 0.3) is 5.91 Å². The summed E-state index contributed by atoms with van der Waals surface area (Å²) in [6, 6.07) is 7.56. The molecule has 10 heteroatoms. The molecule has 2 heterocycles. The predicted molar refractivity (Wildman–Crippen MR) is 117 cm³/mol. The third-order valence-electron chi connectivity index (χ3n) is 5.05. The number of fused-ring (bicyclic) bond motifs is 1. The maximum atomic E-state index is 12.2. The average Bonchev–Trinajstić information content (AvgIpc) is 3.14. The number of carbonyl (C=O) groups is 4. The van der Waals surface area contributed by atoms with E-state index in [0.29, 0.717) is 13.0 Å². The van der Waals surface area contributed by atoms with Crippen LogP contribution >= 0.6 is 11.8 Å². The number of hydrogen-bond acceptors (Lipinski definition) is 8. The number of ether oxygens (including phenoxy) is 2. The van der Waals surface area contributed by atoms with Gasteiger partial charge in [0.1, 0.15) is 24.1 Å². The zero-order valence-corrected chi connectivity index (χ0v) is 18.5. The number of aliphatic hydroxyl groups is 1. The predicted octanol–water partition coefficient (Wildman–Crippen LogP) is 0.855. The fraction of sp³-hybridized carbons (Fsp3) is 0.455. The first-order valence-electron chi connectivity index (χ1n) is 10.2. The molecule has 0 spiro atoms. The van der Waals surface area contributed by atoms with Gasteiger partial charge in [0.15, 0.2) is 5.78 Å². The van der Waals surface area contributed by atoms with Gasteiger partial charge < -0.3 is 19.9 Å². The van der Waals surface area contributed by atoms with Gasteiger partial charge in [-0.3, -0.25) is 19.3 Å². The fourth-order valence-corrected chi connectivity index (χ4v) is 4.65. The minimum atomic E-state index is -1.82. The fourth-order valence-electron chi connectivity index (χ4n) is 3.37.